The van der Waals surface area contributed by atoms with Gasteiger partial charge in [-0.2, -0.15) is 0 Å². The summed E-state index contributed by atoms with van der Waals surface area (Å²) < 4.78 is 0. The molecule has 0 aliphatic heterocycles. The third-order valence-corrected chi connectivity index (χ3v) is 3.65. The van der Waals surface area contributed by atoms with Gasteiger partial charge in [0.25, 0.3) is 0 Å². The molecule has 0 spiro atoms. The third-order valence-electron chi connectivity index (χ3n) is 3.65. The van der Waals surface area contributed by atoms with Gasteiger partial charge in [-0.25, -0.2) is 4.79 Å². The summed E-state index contributed by atoms with van der Waals surface area (Å²) in [7, 11) is 0. The van der Waals surface area contributed by atoms with Gasteiger partial charge in [-0.05, 0) is 19.3 Å². The number of aliphatic hydroxyl groups excluding tert-OH is 1. The van der Waals surface area contributed by atoms with Crippen molar-refractivity contribution in [3.8, 4) is 0 Å². The van der Waals surface area contributed by atoms with Gasteiger partial charge in [0, 0.05) is 0 Å². The van der Waals surface area contributed by atoms with E-state index in [1.807, 2.05) is 0 Å². The van der Waals surface area contributed by atoms with Crippen molar-refractivity contribution in [2.45, 2.75) is 57.8 Å². The molecule has 0 aromatic rings. The highest BCUT2D eigenvalue weighted by Crippen LogP contribution is 2.05. The average molecular weight is 403 g/mol. The van der Waals surface area contributed by atoms with Gasteiger partial charge < -0.3 is 37.6 Å². The molecule has 12 heteroatoms. The minimum Gasteiger partial charge on any atom is -0.480 e. The zero-order valence-electron chi connectivity index (χ0n) is 16.1. The Bertz CT molecular complexity index is 596. The SMILES string of the molecule is CC(C)CC(NC(=O)C(CO)NC(=O)C(C)NC(=O)C(N)CC(N)=O)C(=O)O. The molecular weight excluding hydrogens is 374 g/mol. The molecule has 4 atom stereocenters. The number of aliphatic carboxylic acids is 1. The van der Waals surface area contributed by atoms with Gasteiger partial charge >= 0.3 is 5.97 Å². The highest BCUT2D eigenvalue weighted by Gasteiger charge is 2.28. The van der Waals surface area contributed by atoms with Gasteiger partial charge in [0.15, 0.2) is 0 Å². The Labute approximate surface area is 162 Å². The molecule has 0 rings (SSSR count). The van der Waals surface area contributed by atoms with Crippen molar-refractivity contribution in [1.29, 1.82) is 0 Å². The molecule has 0 aliphatic carbocycles. The minimum atomic E-state index is -1.42. The first-order valence-corrected chi connectivity index (χ1v) is 8.67. The summed E-state index contributed by atoms with van der Waals surface area (Å²) in [4.78, 5) is 58.1. The van der Waals surface area contributed by atoms with E-state index in [9.17, 15) is 29.1 Å². The number of carbonyl (C=O) groups excluding carboxylic acids is 4. The first-order chi connectivity index (χ1) is 12.9. The number of rotatable bonds is 12. The number of carbonyl (C=O) groups is 5. The van der Waals surface area contributed by atoms with Crippen LogP contribution in [0.4, 0.5) is 0 Å². The second-order valence-electron chi connectivity index (χ2n) is 6.78. The molecule has 0 bridgehead atoms. The summed E-state index contributed by atoms with van der Waals surface area (Å²) in [6.45, 7) is 4.07. The third kappa shape index (κ3) is 9.28. The Hall–Kier alpha value is -2.73. The minimum absolute atomic E-state index is 0.0107. The van der Waals surface area contributed by atoms with E-state index < -0.39 is 66.8 Å². The van der Waals surface area contributed by atoms with Crippen LogP contribution in [0.1, 0.15) is 33.6 Å². The van der Waals surface area contributed by atoms with Gasteiger partial charge in [0.2, 0.25) is 23.6 Å². The fourth-order valence-electron chi connectivity index (χ4n) is 2.15. The summed E-state index contributed by atoms with van der Waals surface area (Å²) in [6.07, 6.45) is -0.244. The number of carboxylic acids is 1. The van der Waals surface area contributed by atoms with Crippen LogP contribution in [-0.4, -0.2) is 70.6 Å². The second-order valence-corrected chi connectivity index (χ2v) is 6.78. The van der Waals surface area contributed by atoms with E-state index >= 15 is 0 Å². The highest BCUT2D eigenvalue weighted by molar-refractivity contribution is 5.94. The van der Waals surface area contributed by atoms with Crippen molar-refractivity contribution in [1.82, 2.24) is 16.0 Å². The van der Waals surface area contributed by atoms with Crippen molar-refractivity contribution in [2.75, 3.05) is 6.61 Å². The van der Waals surface area contributed by atoms with Crippen LogP contribution >= 0.6 is 0 Å². The lowest BCUT2D eigenvalue weighted by Crippen LogP contribution is -2.57. The van der Waals surface area contributed by atoms with Crippen LogP contribution < -0.4 is 27.4 Å². The van der Waals surface area contributed by atoms with Gasteiger partial charge in [0.1, 0.15) is 18.1 Å². The van der Waals surface area contributed by atoms with Crippen molar-refractivity contribution in [2.24, 2.45) is 17.4 Å². The number of nitrogens with one attached hydrogen (secondary N) is 3. The van der Waals surface area contributed by atoms with Gasteiger partial charge in [0.05, 0.1) is 19.1 Å². The van der Waals surface area contributed by atoms with E-state index in [0.717, 1.165) is 0 Å². The first kappa shape index (κ1) is 25.3. The van der Waals surface area contributed by atoms with E-state index in [2.05, 4.69) is 16.0 Å². The van der Waals surface area contributed by atoms with Crippen LogP contribution in [0.15, 0.2) is 0 Å². The van der Waals surface area contributed by atoms with Crippen LogP contribution in [0.2, 0.25) is 0 Å². The fraction of sp³-hybridized carbons (Fsp3) is 0.688. The molecule has 0 aromatic carbocycles. The van der Waals surface area contributed by atoms with E-state index in [-0.39, 0.29) is 12.3 Å². The largest absolute Gasteiger partial charge is 0.480 e. The average Bonchev–Trinajstić information content (AvgIpc) is 2.57. The molecule has 0 saturated carbocycles. The van der Waals surface area contributed by atoms with Crippen LogP contribution in [0, 0.1) is 5.92 Å². The highest BCUT2D eigenvalue weighted by atomic mass is 16.4. The lowest BCUT2D eigenvalue weighted by atomic mass is 10.0. The number of primary amides is 1. The van der Waals surface area contributed by atoms with Gasteiger partial charge in [-0.1, -0.05) is 13.8 Å². The maximum atomic E-state index is 12.2. The Balaban J connectivity index is 4.83. The van der Waals surface area contributed by atoms with Crippen molar-refractivity contribution in [3.63, 3.8) is 0 Å². The Morgan fingerprint density at radius 2 is 1.43 bits per heavy atom. The van der Waals surface area contributed by atoms with Crippen molar-refractivity contribution < 1.29 is 34.2 Å². The fourth-order valence-corrected chi connectivity index (χ4v) is 2.15. The zero-order valence-corrected chi connectivity index (χ0v) is 16.1. The topological polar surface area (TPSA) is 214 Å². The summed E-state index contributed by atoms with van der Waals surface area (Å²) >= 11 is 0. The summed E-state index contributed by atoms with van der Waals surface area (Å²) in [6, 6.07) is -4.97. The molecule has 0 aliphatic rings. The smallest absolute Gasteiger partial charge is 0.326 e. The number of carboxylic acid groups (broad SMARTS) is 1. The van der Waals surface area contributed by atoms with Crippen LogP contribution in [0.5, 0.6) is 0 Å². The van der Waals surface area contributed by atoms with Crippen LogP contribution in [0.3, 0.4) is 0 Å². The van der Waals surface area contributed by atoms with Crippen LogP contribution in [-0.2, 0) is 24.0 Å². The molecule has 9 N–H and O–H groups in total. The quantitative estimate of drug-likeness (QED) is 0.175. The van der Waals surface area contributed by atoms with Gasteiger partial charge in [-0.15, -0.1) is 0 Å². The first-order valence-electron chi connectivity index (χ1n) is 8.67. The second kappa shape index (κ2) is 11.9. The molecule has 28 heavy (non-hydrogen) atoms. The summed E-state index contributed by atoms with van der Waals surface area (Å²) in [5.41, 5.74) is 10.4. The number of hydrogen-bond donors (Lipinski definition) is 7. The summed E-state index contributed by atoms with van der Waals surface area (Å²) in [5, 5.41) is 25.2. The van der Waals surface area contributed by atoms with Gasteiger partial charge in [-0.3, -0.25) is 19.2 Å². The van der Waals surface area contributed by atoms with Crippen LogP contribution in [0.25, 0.3) is 0 Å². The Kier molecular flexibility index (Phi) is 10.7. The molecule has 0 radical (unpaired) electrons. The lowest BCUT2D eigenvalue weighted by Gasteiger charge is -2.23. The van der Waals surface area contributed by atoms with E-state index in [1.54, 1.807) is 13.8 Å². The molecule has 12 nitrogen and oxygen atoms in total. The molecule has 4 unspecified atom stereocenters. The maximum Gasteiger partial charge on any atom is 0.326 e. The monoisotopic (exact) mass is 403 g/mol. The van der Waals surface area contributed by atoms with E-state index in [1.165, 1.54) is 6.92 Å². The molecular formula is C16H29N5O7. The molecule has 0 aromatic heterocycles. The number of nitrogens with two attached hydrogens (primary N) is 2. The number of hydrogen-bond acceptors (Lipinski definition) is 7. The van der Waals surface area contributed by atoms with Crippen molar-refractivity contribution in [3.05, 3.63) is 0 Å². The molecule has 160 valence electrons. The lowest BCUT2D eigenvalue weighted by molar-refractivity contribution is -0.143. The molecule has 4 amide bonds. The Morgan fingerprint density at radius 1 is 0.893 bits per heavy atom. The zero-order chi connectivity index (χ0) is 22.0. The molecule has 0 fully saturated rings. The number of aliphatic hydroxyl groups is 1. The van der Waals surface area contributed by atoms with Crippen molar-refractivity contribution >= 4 is 29.6 Å². The number of amides is 4. The molecule has 0 saturated heterocycles. The Morgan fingerprint density at radius 3 is 1.86 bits per heavy atom. The predicted molar refractivity (Wildman–Crippen MR) is 97.4 cm³/mol. The van der Waals surface area contributed by atoms with E-state index in [0.29, 0.717) is 0 Å². The summed E-state index contributed by atoms with van der Waals surface area (Å²) in [5.74, 6) is -4.53. The normalized spacial score (nSPS) is 15.1. The predicted octanol–water partition coefficient (Wildman–Crippen LogP) is -3.21. The standard InChI is InChI=1S/C16H29N5O7/c1-7(2)4-10(16(27)28)20-15(26)11(6-22)21-13(24)8(3)19-14(25)9(17)5-12(18)23/h7-11,22H,4-6,17H2,1-3H3,(H2,18,23)(H,19,25)(H,20,26)(H,21,24)(H,27,28). The maximum absolute atomic E-state index is 12.2. The van der Waals surface area contributed by atoms with E-state index in [4.69, 9.17) is 16.6 Å². The molecule has 0 heterocycles.